The third-order valence-electron chi connectivity index (χ3n) is 5.45. The Hall–Kier alpha value is -2.24. The molecule has 4 nitrogen and oxygen atoms in total. The summed E-state index contributed by atoms with van der Waals surface area (Å²) in [4.78, 5) is 16.6. The second-order valence-corrected chi connectivity index (χ2v) is 7.97. The molecule has 1 fully saturated rings. The third-order valence-corrected chi connectivity index (χ3v) is 6.41. The van der Waals surface area contributed by atoms with Crippen molar-refractivity contribution in [3.05, 3.63) is 65.3 Å². The van der Waals surface area contributed by atoms with Crippen molar-refractivity contribution in [1.29, 1.82) is 0 Å². The number of aromatic nitrogens is 1. The van der Waals surface area contributed by atoms with Gasteiger partial charge in [-0.25, -0.2) is 0 Å². The fourth-order valence-electron chi connectivity index (χ4n) is 3.92. The molecule has 2 N–H and O–H groups in total. The van der Waals surface area contributed by atoms with Gasteiger partial charge in [0.1, 0.15) is 5.69 Å². The van der Waals surface area contributed by atoms with Gasteiger partial charge in [-0.1, -0.05) is 24.3 Å². The maximum atomic E-state index is 12.5. The van der Waals surface area contributed by atoms with Gasteiger partial charge in [0.05, 0.1) is 6.10 Å². The number of hydrogen-bond donors (Lipinski definition) is 2. The largest absolute Gasteiger partial charge is 0.393 e. The van der Waals surface area contributed by atoms with Gasteiger partial charge < -0.3 is 10.4 Å². The number of pyridine rings is 1. The molecule has 1 saturated carbocycles. The molecule has 1 amide bonds. The molecule has 1 aromatic carbocycles. The molecule has 0 radical (unpaired) electrons. The average molecular weight is 366 g/mol. The summed E-state index contributed by atoms with van der Waals surface area (Å²) in [6, 6.07) is 13.8. The number of rotatable bonds is 4. The molecule has 0 bridgehead atoms. The number of aliphatic hydroxyl groups excluding tert-OH is 1. The van der Waals surface area contributed by atoms with Crippen LogP contribution in [0.3, 0.4) is 0 Å². The van der Waals surface area contributed by atoms with E-state index >= 15 is 0 Å². The van der Waals surface area contributed by atoms with Crippen LogP contribution >= 0.6 is 11.3 Å². The van der Waals surface area contributed by atoms with Crippen molar-refractivity contribution >= 4 is 27.3 Å². The third kappa shape index (κ3) is 3.24. The SMILES string of the molecule is O=C(NC[C@]1(c2csc3ccccc32)CC[C@@H](O)CC1)c1ccccn1. The van der Waals surface area contributed by atoms with Crippen molar-refractivity contribution < 1.29 is 9.90 Å². The molecule has 0 unspecified atom stereocenters. The highest BCUT2D eigenvalue weighted by molar-refractivity contribution is 7.17. The van der Waals surface area contributed by atoms with E-state index in [4.69, 9.17) is 0 Å². The van der Waals surface area contributed by atoms with Crippen LogP contribution in [0.2, 0.25) is 0 Å². The second-order valence-electron chi connectivity index (χ2n) is 7.05. The maximum absolute atomic E-state index is 12.5. The number of thiophene rings is 1. The van der Waals surface area contributed by atoms with Crippen LogP contribution in [0.5, 0.6) is 0 Å². The van der Waals surface area contributed by atoms with Gasteiger partial charge in [-0.05, 0) is 60.2 Å². The lowest BCUT2D eigenvalue weighted by molar-refractivity contribution is 0.0852. The number of fused-ring (bicyclic) bond motifs is 1. The minimum Gasteiger partial charge on any atom is -0.393 e. The highest BCUT2D eigenvalue weighted by Gasteiger charge is 2.38. The summed E-state index contributed by atoms with van der Waals surface area (Å²) < 4.78 is 1.27. The summed E-state index contributed by atoms with van der Waals surface area (Å²) in [6.07, 6.45) is 4.68. The van der Waals surface area contributed by atoms with E-state index in [1.807, 2.05) is 6.07 Å². The molecule has 26 heavy (non-hydrogen) atoms. The highest BCUT2D eigenvalue weighted by atomic mass is 32.1. The zero-order valence-corrected chi connectivity index (χ0v) is 15.3. The van der Waals surface area contributed by atoms with Crippen molar-refractivity contribution in [2.45, 2.75) is 37.2 Å². The van der Waals surface area contributed by atoms with Gasteiger partial charge in [0, 0.05) is 22.9 Å². The molecule has 0 aliphatic heterocycles. The van der Waals surface area contributed by atoms with Crippen molar-refractivity contribution in [2.75, 3.05) is 6.54 Å². The molecule has 0 saturated heterocycles. The quantitative estimate of drug-likeness (QED) is 0.736. The number of hydrogen-bond acceptors (Lipinski definition) is 4. The minimum atomic E-state index is -0.237. The van der Waals surface area contributed by atoms with E-state index in [1.54, 1.807) is 29.7 Å². The Kier molecular flexibility index (Phi) is 4.74. The van der Waals surface area contributed by atoms with Crippen LogP contribution in [-0.2, 0) is 5.41 Å². The Balaban J connectivity index is 1.63. The fraction of sp³-hybridized carbons (Fsp3) is 0.333. The Bertz CT molecular complexity index is 899. The number of nitrogens with one attached hydrogen (secondary N) is 1. The first-order chi connectivity index (χ1) is 12.7. The van der Waals surface area contributed by atoms with Crippen LogP contribution in [0.1, 0.15) is 41.7 Å². The van der Waals surface area contributed by atoms with E-state index in [-0.39, 0.29) is 17.4 Å². The molecule has 3 aromatic rings. The highest BCUT2D eigenvalue weighted by Crippen LogP contribution is 2.44. The molecule has 1 aliphatic rings. The zero-order valence-electron chi connectivity index (χ0n) is 14.5. The van der Waals surface area contributed by atoms with E-state index in [0.29, 0.717) is 12.2 Å². The monoisotopic (exact) mass is 366 g/mol. The van der Waals surface area contributed by atoms with E-state index < -0.39 is 0 Å². The Morgan fingerprint density at radius 2 is 1.96 bits per heavy atom. The Morgan fingerprint density at radius 3 is 2.73 bits per heavy atom. The molecule has 1 aliphatic carbocycles. The normalized spacial score (nSPS) is 23.0. The van der Waals surface area contributed by atoms with Crippen LogP contribution in [0.15, 0.2) is 54.0 Å². The van der Waals surface area contributed by atoms with E-state index in [0.717, 1.165) is 25.7 Å². The first-order valence-electron chi connectivity index (χ1n) is 9.02. The predicted octanol–water partition coefficient (Wildman–Crippen LogP) is 3.90. The lowest BCUT2D eigenvalue weighted by atomic mass is 9.68. The molecular weight excluding hydrogens is 344 g/mol. The van der Waals surface area contributed by atoms with Crippen molar-refractivity contribution in [2.24, 2.45) is 0 Å². The summed E-state index contributed by atoms with van der Waals surface area (Å²) in [6.45, 7) is 0.565. The van der Waals surface area contributed by atoms with Crippen molar-refractivity contribution in [1.82, 2.24) is 10.3 Å². The number of benzene rings is 1. The maximum Gasteiger partial charge on any atom is 0.269 e. The molecule has 2 heterocycles. The van der Waals surface area contributed by atoms with Gasteiger partial charge in [-0.15, -0.1) is 11.3 Å². The lowest BCUT2D eigenvalue weighted by Crippen LogP contribution is -2.44. The van der Waals surface area contributed by atoms with Gasteiger partial charge in [-0.3, -0.25) is 9.78 Å². The van der Waals surface area contributed by atoms with Gasteiger partial charge in [-0.2, -0.15) is 0 Å². The first-order valence-corrected chi connectivity index (χ1v) is 9.90. The molecule has 4 rings (SSSR count). The summed E-state index contributed by atoms with van der Waals surface area (Å²) >= 11 is 1.75. The fourth-order valence-corrected chi connectivity index (χ4v) is 5.01. The number of amides is 1. The first kappa shape index (κ1) is 17.2. The topological polar surface area (TPSA) is 62.2 Å². The van der Waals surface area contributed by atoms with Crippen molar-refractivity contribution in [3.8, 4) is 0 Å². The number of carbonyl (C=O) groups excluding carboxylic acids is 1. The van der Waals surface area contributed by atoms with Crippen LogP contribution in [0.25, 0.3) is 10.1 Å². The standard InChI is InChI=1S/C21H22N2O2S/c24-15-8-10-21(11-9-15,14-23-20(25)18-6-3-4-12-22-18)17-13-26-19-7-2-1-5-16(17)19/h1-7,12-13,15,24H,8-11,14H2,(H,23,25)/t15-,21+. The Labute approximate surface area is 156 Å². The summed E-state index contributed by atoms with van der Waals surface area (Å²) in [7, 11) is 0. The number of carbonyl (C=O) groups is 1. The molecule has 5 heteroatoms. The zero-order chi connectivity index (χ0) is 18.0. The van der Waals surface area contributed by atoms with E-state index in [2.05, 4.69) is 39.9 Å². The second kappa shape index (κ2) is 7.17. The van der Waals surface area contributed by atoms with Crippen LogP contribution in [0, 0.1) is 0 Å². The number of aliphatic hydroxyl groups is 1. The minimum absolute atomic E-state index is 0.136. The average Bonchev–Trinajstić information content (AvgIpc) is 3.13. The van der Waals surface area contributed by atoms with E-state index in [1.165, 1.54) is 15.6 Å². The van der Waals surface area contributed by atoms with E-state index in [9.17, 15) is 9.90 Å². The van der Waals surface area contributed by atoms with Gasteiger partial charge in [0.25, 0.3) is 5.91 Å². The van der Waals surface area contributed by atoms with Gasteiger partial charge in [0.2, 0.25) is 0 Å². The smallest absolute Gasteiger partial charge is 0.269 e. The molecule has 134 valence electrons. The predicted molar refractivity (Wildman–Crippen MR) is 105 cm³/mol. The summed E-state index contributed by atoms with van der Waals surface area (Å²) in [5, 5.41) is 16.6. The lowest BCUT2D eigenvalue weighted by Gasteiger charge is -2.39. The van der Waals surface area contributed by atoms with Gasteiger partial charge in [0.15, 0.2) is 0 Å². The van der Waals surface area contributed by atoms with Gasteiger partial charge >= 0.3 is 0 Å². The molecule has 2 aromatic heterocycles. The molecule has 0 spiro atoms. The molecule has 0 atom stereocenters. The van der Waals surface area contributed by atoms with Crippen LogP contribution < -0.4 is 5.32 Å². The summed E-state index contributed by atoms with van der Waals surface area (Å²) in [5.74, 6) is -0.143. The molecular formula is C21H22N2O2S. The Morgan fingerprint density at radius 1 is 1.19 bits per heavy atom. The number of nitrogens with zero attached hydrogens (tertiary/aromatic N) is 1. The van der Waals surface area contributed by atoms with Crippen molar-refractivity contribution in [3.63, 3.8) is 0 Å². The van der Waals surface area contributed by atoms with Crippen LogP contribution in [0.4, 0.5) is 0 Å². The summed E-state index contributed by atoms with van der Waals surface area (Å²) in [5.41, 5.74) is 1.60. The van der Waals surface area contributed by atoms with Crippen LogP contribution in [-0.4, -0.2) is 28.6 Å².